The molecule has 0 saturated carbocycles. The van der Waals surface area contributed by atoms with E-state index in [1.54, 1.807) is 0 Å². The Balaban J connectivity index is 2.23. The minimum atomic E-state index is -3.55. The van der Waals surface area contributed by atoms with Crippen molar-refractivity contribution in [1.82, 2.24) is 0 Å². The highest BCUT2D eigenvalue weighted by Gasteiger charge is 2.27. The van der Waals surface area contributed by atoms with Crippen LogP contribution in [0.4, 0.5) is 5.00 Å². The number of fused-ring (bicyclic) bond motifs is 1. The van der Waals surface area contributed by atoms with E-state index in [2.05, 4.69) is 4.72 Å². The van der Waals surface area contributed by atoms with Crippen LogP contribution in [0.1, 0.15) is 40.1 Å². The Morgan fingerprint density at radius 2 is 2.10 bits per heavy atom. The first kappa shape index (κ1) is 16.3. The lowest BCUT2D eigenvalue weighted by Crippen LogP contribution is -2.18. The molecule has 0 radical (unpaired) electrons. The van der Waals surface area contributed by atoms with Crippen molar-refractivity contribution in [3.8, 4) is 0 Å². The zero-order valence-corrected chi connectivity index (χ0v) is 13.5. The third-order valence-corrected chi connectivity index (χ3v) is 6.07. The first-order valence-corrected chi connectivity index (χ1v) is 9.28. The van der Waals surface area contributed by atoms with Gasteiger partial charge in [0.25, 0.3) is 0 Å². The first-order chi connectivity index (χ1) is 9.94. The minimum Gasteiger partial charge on any atom is -0.478 e. The van der Waals surface area contributed by atoms with E-state index in [4.69, 9.17) is 4.74 Å². The van der Waals surface area contributed by atoms with Crippen LogP contribution >= 0.6 is 11.3 Å². The average molecular weight is 333 g/mol. The summed E-state index contributed by atoms with van der Waals surface area (Å²) in [5.74, 6) is -1.15. The highest BCUT2D eigenvalue weighted by molar-refractivity contribution is 7.92. The Morgan fingerprint density at radius 1 is 1.38 bits per heavy atom. The predicted octanol–water partition coefficient (Wildman–Crippen LogP) is 2.10. The van der Waals surface area contributed by atoms with Gasteiger partial charge in [0.1, 0.15) is 5.00 Å². The number of thiophene rings is 1. The van der Waals surface area contributed by atoms with Gasteiger partial charge in [0, 0.05) is 18.6 Å². The molecule has 0 aromatic carbocycles. The summed E-state index contributed by atoms with van der Waals surface area (Å²) in [5.41, 5.74) is 0.929. The molecule has 1 aromatic heterocycles. The van der Waals surface area contributed by atoms with Crippen LogP contribution in [0.3, 0.4) is 0 Å². The van der Waals surface area contributed by atoms with Gasteiger partial charge in [-0.25, -0.2) is 13.2 Å². The summed E-state index contributed by atoms with van der Waals surface area (Å²) in [5, 5.41) is 9.62. The molecule has 1 heterocycles. The summed E-state index contributed by atoms with van der Waals surface area (Å²) in [7, 11) is -2.04. The van der Waals surface area contributed by atoms with Crippen molar-refractivity contribution < 1.29 is 23.1 Å². The van der Waals surface area contributed by atoms with Crippen LogP contribution in [0, 0.1) is 0 Å². The molecule has 0 spiro atoms. The van der Waals surface area contributed by atoms with Gasteiger partial charge in [0.05, 0.1) is 11.3 Å². The molecule has 0 fully saturated rings. The number of aryl methyl sites for hydroxylation is 1. The van der Waals surface area contributed by atoms with E-state index in [-0.39, 0.29) is 16.3 Å². The number of methoxy groups -OCH3 is 1. The van der Waals surface area contributed by atoms with Crippen LogP contribution in [0.2, 0.25) is 0 Å². The van der Waals surface area contributed by atoms with Gasteiger partial charge >= 0.3 is 5.97 Å². The number of aromatic carboxylic acids is 1. The first-order valence-electron chi connectivity index (χ1n) is 6.82. The Bertz CT molecular complexity index is 621. The number of hydrogen-bond donors (Lipinski definition) is 2. The molecule has 2 N–H and O–H groups in total. The van der Waals surface area contributed by atoms with Gasteiger partial charge in [-0.1, -0.05) is 0 Å². The van der Waals surface area contributed by atoms with E-state index in [0.717, 1.165) is 29.7 Å². The highest BCUT2D eigenvalue weighted by Crippen LogP contribution is 2.38. The van der Waals surface area contributed by atoms with E-state index in [1.807, 2.05) is 0 Å². The van der Waals surface area contributed by atoms with Gasteiger partial charge in [0.2, 0.25) is 10.0 Å². The van der Waals surface area contributed by atoms with Crippen molar-refractivity contribution in [2.75, 3.05) is 24.2 Å². The summed E-state index contributed by atoms with van der Waals surface area (Å²) in [4.78, 5) is 12.4. The van der Waals surface area contributed by atoms with Crippen molar-refractivity contribution >= 4 is 32.3 Å². The van der Waals surface area contributed by atoms with Crippen LogP contribution in [-0.2, 0) is 27.6 Å². The number of anilines is 1. The molecule has 118 valence electrons. The van der Waals surface area contributed by atoms with Crippen molar-refractivity contribution in [2.45, 2.75) is 32.1 Å². The molecule has 1 aliphatic rings. The summed E-state index contributed by atoms with van der Waals surface area (Å²) >= 11 is 1.25. The fourth-order valence-corrected chi connectivity index (χ4v) is 5.11. The average Bonchev–Trinajstić information content (AvgIpc) is 2.75. The number of ether oxygens (including phenoxy) is 1. The fourth-order valence-electron chi connectivity index (χ4n) is 2.45. The zero-order chi connectivity index (χ0) is 15.5. The van der Waals surface area contributed by atoms with Crippen LogP contribution in [0.25, 0.3) is 0 Å². The molecular weight excluding hydrogens is 314 g/mol. The number of sulfonamides is 1. The number of carboxylic acid groups (broad SMARTS) is 1. The molecule has 0 aliphatic heterocycles. The maximum absolute atomic E-state index is 12.0. The second kappa shape index (κ2) is 6.76. The lowest BCUT2D eigenvalue weighted by Gasteiger charge is -2.11. The Labute approximate surface area is 128 Å². The molecule has 0 atom stereocenters. The van der Waals surface area contributed by atoms with Gasteiger partial charge in [-0.15, -0.1) is 11.3 Å². The van der Waals surface area contributed by atoms with E-state index < -0.39 is 16.0 Å². The van der Waals surface area contributed by atoms with Crippen molar-refractivity contribution in [3.05, 3.63) is 16.0 Å². The van der Waals surface area contributed by atoms with Gasteiger partial charge < -0.3 is 9.84 Å². The summed E-state index contributed by atoms with van der Waals surface area (Å²) < 4.78 is 31.3. The smallest absolute Gasteiger partial charge is 0.339 e. The topological polar surface area (TPSA) is 92.7 Å². The molecule has 0 saturated heterocycles. The molecule has 6 nitrogen and oxygen atoms in total. The third-order valence-electron chi connectivity index (χ3n) is 3.39. The molecule has 0 bridgehead atoms. The second-order valence-electron chi connectivity index (χ2n) is 4.99. The largest absolute Gasteiger partial charge is 0.478 e. The molecule has 1 aromatic rings. The Hall–Kier alpha value is -1.12. The van der Waals surface area contributed by atoms with E-state index >= 15 is 0 Å². The molecule has 1 aliphatic carbocycles. The molecule has 21 heavy (non-hydrogen) atoms. The van der Waals surface area contributed by atoms with E-state index in [1.165, 1.54) is 18.4 Å². The van der Waals surface area contributed by atoms with Crippen LogP contribution in [0.15, 0.2) is 0 Å². The standard InChI is InChI=1S/C13H19NO5S2/c1-19-7-4-8-21(17,18)14-12-11(13(15)16)9-5-2-3-6-10(9)20-12/h14H,2-8H2,1H3,(H,15,16). The molecule has 0 amide bonds. The van der Waals surface area contributed by atoms with Gasteiger partial charge in [0.15, 0.2) is 0 Å². The number of nitrogens with one attached hydrogen (secondary N) is 1. The van der Waals surface area contributed by atoms with Gasteiger partial charge in [-0.05, 0) is 37.7 Å². The van der Waals surface area contributed by atoms with Crippen LogP contribution in [-0.4, -0.2) is 39.0 Å². The lowest BCUT2D eigenvalue weighted by molar-refractivity contribution is 0.0697. The van der Waals surface area contributed by atoms with Gasteiger partial charge in [-0.3, -0.25) is 4.72 Å². The molecule has 2 rings (SSSR count). The predicted molar refractivity (Wildman–Crippen MR) is 81.8 cm³/mol. The van der Waals surface area contributed by atoms with Crippen molar-refractivity contribution in [2.24, 2.45) is 0 Å². The SMILES string of the molecule is COCCCS(=O)(=O)Nc1sc2c(c1C(=O)O)CCCC2. The monoisotopic (exact) mass is 333 g/mol. The summed E-state index contributed by atoms with van der Waals surface area (Å²) in [6.07, 6.45) is 3.88. The highest BCUT2D eigenvalue weighted by atomic mass is 32.2. The summed E-state index contributed by atoms with van der Waals surface area (Å²) in [6, 6.07) is 0. The zero-order valence-electron chi connectivity index (χ0n) is 11.8. The Kier molecular flexibility index (Phi) is 5.23. The quantitative estimate of drug-likeness (QED) is 0.746. The summed E-state index contributed by atoms with van der Waals surface area (Å²) in [6.45, 7) is 0.355. The Morgan fingerprint density at radius 3 is 2.76 bits per heavy atom. The van der Waals surface area contributed by atoms with Gasteiger partial charge in [-0.2, -0.15) is 0 Å². The van der Waals surface area contributed by atoms with Crippen molar-refractivity contribution in [3.63, 3.8) is 0 Å². The van der Waals surface area contributed by atoms with Crippen molar-refractivity contribution in [1.29, 1.82) is 0 Å². The number of carbonyl (C=O) groups is 1. The van der Waals surface area contributed by atoms with Crippen LogP contribution in [0.5, 0.6) is 0 Å². The van der Waals surface area contributed by atoms with E-state index in [9.17, 15) is 18.3 Å². The molecule has 0 unspecified atom stereocenters. The number of rotatable bonds is 7. The second-order valence-corrected chi connectivity index (χ2v) is 7.93. The molecule has 8 heteroatoms. The lowest BCUT2D eigenvalue weighted by atomic mass is 9.96. The molecular formula is C13H19NO5S2. The van der Waals surface area contributed by atoms with Crippen LogP contribution < -0.4 is 4.72 Å². The minimum absolute atomic E-state index is 0.0809. The fraction of sp³-hybridized carbons (Fsp3) is 0.615. The normalized spacial score (nSPS) is 14.7. The maximum Gasteiger partial charge on any atom is 0.339 e. The number of hydrogen-bond acceptors (Lipinski definition) is 5. The third kappa shape index (κ3) is 3.96. The van der Waals surface area contributed by atoms with E-state index in [0.29, 0.717) is 19.4 Å². The maximum atomic E-state index is 12.0. The number of carboxylic acids is 1.